The average Bonchev–Trinajstić information content (AvgIpc) is 3.56. The minimum Gasteiger partial charge on any atom is -0.463 e. The van der Waals surface area contributed by atoms with Gasteiger partial charge in [0.25, 0.3) is 5.91 Å². The third-order valence-electron chi connectivity index (χ3n) is 5.84. The van der Waals surface area contributed by atoms with Crippen molar-refractivity contribution < 1.29 is 13.9 Å². The molecule has 2 aromatic heterocycles. The quantitative estimate of drug-likeness (QED) is 0.469. The van der Waals surface area contributed by atoms with Crippen molar-refractivity contribution in [3.63, 3.8) is 0 Å². The number of furan rings is 1. The molecule has 1 atom stereocenters. The Morgan fingerprint density at radius 1 is 0.970 bits per heavy atom. The molecule has 1 N–H and O–H groups in total. The lowest BCUT2D eigenvalue weighted by atomic mass is 10.0. The maximum Gasteiger partial charge on any atom is 0.270 e. The Labute approximate surface area is 192 Å². The molecule has 0 saturated carbocycles. The topological polar surface area (TPSA) is 72.5 Å². The SMILES string of the molecule is O=C(NC[C@H](c1ccccc1)N1CCOCC1)c1cc(-c2ccco2)nn1-c1ccccc1. The summed E-state index contributed by atoms with van der Waals surface area (Å²) in [6, 6.07) is 25.4. The number of carbonyl (C=O) groups is 1. The Morgan fingerprint density at radius 3 is 2.39 bits per heavy atom. The van der Waals surface area contributed by atoms with Crippen molar-refractivity contribution in [2.24, 2.45) is 0 Å². The van der Waals surface area contributed by atoms with Crippen LogP contribution in [-0.2, 0) is 4.74 Å². The minimum absolute atomic E-state index is 0.0664. The van der Waals surface area contributed by atoms with Crippen LogP contribution < -0.4 is 5.32 Å². The van der Waals surface area contributed by atoms with Crippen molar-refractivity contribution in [1.82, 2.24) is 20.0 Å². The maximum absolute atomic E-state index is 13.4. The van der Waals surface area contributed by atoms with Crippen LogP contribution in [0.4, 0.5) is 0 Å². The zero-order chi connectivity index (χ0) is 22.5. The monoisotopic (exact) mass is 442 g/mol. The van der Waals surface area contributed by atoms with Crippen LogP contribution in [0.25, 0.3) is 17.1 Å². The molecule has 3 heterocycles. The van der Waals surface area contributed by atoms with Gasteiger partial charge in [-0.25, -0.2) is 4.68 Å². The third kappa shape index (κ3) is 4.74. The number of aromatic nitrogens is 2. The van der Waals surface area contributed by atoms with Gasteiger partial charge in [0, 0.05) is 25.7 Å². The van der Waals surface area contributed by atoms with Gasteiger partial charge < -0.3 is 14.5 Å². The van der Waals surface area contributed by atoms with Gasteiger partial charge in [0.2, 0.25) is 0 Å². The van der Waals surface area contributed by atoms with Crippen LogP contribution in [0.2, 0.25) is 0 Å². The standard InChI is InChI=1S/C26H26N4O3/c31-26(27-19-24(20-8-3-1-4-9-20)29-13-16-32-17-14-29)23-18-22(25-12-7-15-33-25)28-30(23)21-10-5-2-6-11-21/h1-12,15,18,24H,13-14,16-17,19H2,(H,27,31)/t24-/m1/s1. The van der Waals surface area contributed by atoms with Gasteiger partial charge in [0.15, 0.2) is 5.76 Å². The molecule has 33 heavy (non-hydrogen) atoms. The van der Waals surface area contributed by atoms with E-state index in [4.69, 9.17) is 9.15 Å². The molecule has 5 rings (SSSR count). The largest absolute Gasteiger partial charge is 0.463 e. The minimum atomic E-state index is -0.182. The van der Waals surface area contributed by atoms with Crippen molar-refractivity contribution in [3.05, 3.63) is 96.4 Å². The van der Waals surface area contributed by atoms with Gasteiger partial charge in [-0.2, -0.15) is 5.10 Å². The molecule has 1 saturated heterocycles. The summed E-state index contributed by atoms with van der Waals surface area (Å²) in [6.45, 7) is 3.55. The Hall–Kier alpha value is -3.68. The van der Waals surface area contributed by atoms with Gasteiger partial charge >= 0.3 is 0 Å². The Bertz CT molecular complexity index is 1170. The summed E-state index contributed by atoms with van der Waals surface area (Å²) >= 11 is 0. The number of hydrogen-bond acceptors (Lipinski definition) is 5. The van der Waals surface area contributed by atoms with E-state index in [0.29, 0.717) is 36.9 Å². The average molecular weight is 443 g/mol. The molecule has 1 aliphatic rings. The smallest absolute Gasteiger partial charge is 0.270 e. The number of benzene rings is 2. The number of amides is 1. The number of nitrogens with one attached hydrogen (secondary N) is 1. The van der Waals surface area contributed by atoms with Crippen LogP contribution in [0.5, 0.6) is 0 Å². The van der Waals surface area contributed by atoms with Crippen LogP contribution >= 0.6 is 0 Å². The summed E-state index contributed by atoms with van der Waals surface area (Å²) in [4.78, 5) is 15.8. The fraction of sp³-hybridized carbons (Fsp3) is 0.231. The molecular formula is C26H26N4O3. The van der Waals surface area contributed by atoms with E-state index < -0.39 is 0 Å². The van der Waals surface area contributed by atoms with Crippen LogP contribution in [-0.4, -0.2) is 53.4 Å². The molecule has 1 aliphatic heterocycles. The van der Waals surface area contributed by atoms with E-state index in [9.17, 15) is 4.79 Å². The number of rotatable bonds is 7. The molecular weight excluding hydrogens is 416 g/mol. The van der Waals surface area contributed by atoms with Crippen molar-refractivity contribution >= 4 is 5.91 Å². The summed E-state index contributed by atoms with van der Waals surface area (Å²) in [5.41, 5.74) is 3.06. The van der Waals surface area contributed by atoms with E-state index in [1.807, 2.05) is 60.7 Å². The maximum atomic E-state index is 13.4. The van der Waals surface area contributed by atoms with E-state index in [1.54, 1.807) is 17.0 Å². The summed E-state index contributed by atoms with van der Waals surface area (Å²) in [7, 11) is 0. The zero-order valence-electron chi connectivity index (χ0n) is 18.3. The van der Waals surface area contributed by atoms with Crippen LogP contribution in [0, 0.1) is 0 Å². The molecule has 0 aliphatic carbocycles. The highest BCUT2D eigenvalue weighted by Gasteiger charge is 2.25. The molecule has 1 amide bonds. The number of morpholine rings is 1. The molecule has 0 unspecified atom stereocenters. The van der Waals surface area contributed by atoms with E-state index in [-0.39, 0.29) is 11.9 Å². The molecule has 0 spiro atoms. The number of hydrogen-bond donors (Lipinski definition) is 1. The molecule has 0 bridgehead atoms. The molecule has 1 fully saturated rings. The highest BCUT2D eigenvalue weighted by atomic mass is 16.5. The van der Waals surface area contributed by atoms with Gasteiger partial charge in [0.05, 0.1) is 31.2 Å². The second kappa shape index (κ2) is 9.85. The van der Waals surface area contributed by atoms with Crippen molar-refractivity contribution in [3.8, 4) is 17.1 Å². The first-order valence-corrected chi connectivity index (χ1v) is 11.1. The van der Waals surface area contributed by atoms with Gasteiger partial charge in [-0.1, -0.05) is 48.5 Å². The van der Waals surface area contributed by atoms with Crippen LogP contribution in [0.3, 0.4) is 0 Å². The lowest BCUT2D eigenvalue weighted by molar-refractivity contribution is 0.0162. The van der Waals surface area contributed by atoms with E-state index in [0.717, 1.165) is 18.8 Å². The van der Waals surface area contributed by atoms with Crippen LogP contribution in [0.15, 0.2) is 89.5 Å². The Kier molecular flexibility index (Phi) is 6.32. The third-order valence-corrected chi connectivity index (χ3v) is 5.84. The Balaban J connectivity index is 1.41. The molecule has 168 valence electrons. The lowest BCUT2D eigenvalue weighted by Crippen LogP contribution is -2.44. The van der Waals surface area contributed by atoms with Crippen LogP contribution in [0.1, 0.15) is 22.1 Å². The van der Waals surface area contributed by atoms with E-state index in [1.165, 1.54) is 5.56 Å². The number of nitrogens with zero attached hydrogens (tertiary/aromatic N) is 3. The number of para-hydroxylation sites is 1. The normalized spacial score (nSPS) is 15.3. The van der Waals surface area contributed by atoms with Gasteiger partial charge in [-0.3, -0.25) is 9.69 Å². The van der Waals surface area contributed by atoms with Crippen molar-refractivity contribution in [2.45, 2.75) is 6.04 Å². The summed E-state index contributed by atoms with van der Waals surface area (Å²) < 4.78 is 12.7. The molecule has 0 radical (unpaired) electrons. The molecule has 4 aromatic rings. The van der Waals surface area contributed by atoms with Gasteiger partial charge in [0.1, 0.15) is 11.4 Å². The van der Waals surface area contributed by atoms with E-state index >= 15 is 0 Å². The molecule has 7 heteroatoms. The Morgan fingerprint density at radius 2 is 1.70 bits per heavy atom. The fourth-order valence-corrected chi connectivity index (χ4v) is 4.16. The predicted molar refractivity (Wildman–Crippen MR) is 125 cm³/mol. The first-order valence-electron chi connectivity index (χ1n) is 11.1. The second-order valence-corrected chi connectivity index (χ2v) is 7.92. The molecule has 2 aromatic carbocycles. The highest BCUT2D eigenvalue weighted by Crippen LogP contribution is 2.24. The van der Waals surface area contributed by atoms with Gasteiger partial charge in [-0.05, 0) is 29.8 Å². The second-order valence-electron chi connectivity index (χ2n) is 7.92. The first-order chi connectivity index (χ1) is 16.3. The lowest BCUT2D eigenvalue weighted by Gasteiger charge is -2.34. The zero-order valence-corrected chi connectivity index (χ0v) is 18.3. The number of carbonyl (C=O) groups excluding carboxylic acids is 1. The predicted octanol–water partition coefficient (Wildman–Crippen LogP) is 3.94. The first kappa shape index (κ1) is 21.2. The van der Waals surface area contributed by atoms with Crippen molar-refractivity contribution in [1.29, 1.82) is 0 Å². The van der Waals surface area contributed by atoms with Crippen molar-refractivity contribution in [2.75, 3.05) is 32.8 Å². The van der Waals surface area contributed by atoms with Gasteiger partial charge in [-0.15, -0.1) is 0 Å². The summed E-state index contributed by atoms with van der Waals surface area (Å²) in [5, 5.41) is 7.81. The molecule has 7 nitrogen and oxygen atoms in total. The fourth-order valence-electron chi connectivity index (χ4n) is 4.16. The highest BCUT2D eigenvalue weighted by molar-refractivity contribution is 5.94. The summed E-state index contributed by atoms with van der Waals surface area (Å²) in [5.74, 6) is 0.438. The van der Waals surface area contributed by atoms with E-state index in [2.05, 4.69) is 27.4 Å². The summed E-state index contributed by atoms with van der Waals surface area (Å²) in [6.07, 6.45) is 1.60. The number of ether oxygens (including phenoxy) is 1.